The molecule has 0 bridgehead atoms. The van der Waals surface area contributed by atoms with Gasteiger partial charge in [0.15, 0.2) is 0 Å². The second-order valence-electron chi connectivity index (χ2n) is 6.72. The Kier molecular flexibility index (Phi) is 26.3. The van der Waals surface area contributed by atoms with E-state index in [9.17, 15) is 5.11 Å². The lowest BCUT2D eigenvalue weighted by Gasteiger charge is -2.30. The Balaban J connectivity index is 3.64. The lowest BCUT2D eigenvalue weighted by molar-refractivity contribution is -0.0525. The summed E-state index contributed by atoms with van der Waals surface area (Å²) >= 11 is 16.4. The smallest absolute Gasteiger partial charge is 0.0566 e. The molecule has 0 aliphatic carbocycles. The lowest BCUT2D eigenvalue weighted by Crippen LogP contribution is -2.36. The number of aliphatic hydroxyl groups is 1. The van der Waals surface area contributed by atoms with Crippen LogP contribution in [0.5, 0.6) is 0 Å². The van der Waals surface area contributed by atoms with Crippen molar-refractivity contribution in [2.45, 2.75) is 26.2 Å². The number of rotatable bonds is 24. The van der Waals surface area contributed by atoms with E-state index in [1.54, 1.807) is 0 Å². The van der Waals surface area contributed by atoms with Crippen molar-refractivity contribution in [3.8, 4) is 0 Å². The van der Waals surface area contributed by atoms with Crippen LogP contribution in [0.25, 0.3) is 0 Å². The summed E-state index contributed by atoms with van der Waals surface area (Å²) in [6.07, 6.45) is 3.01. The highest BCUT2D eigenvalue weighted by atomic mass is 32.2. The quantitative estimate of drug-likeness (QED) is 0.122. The molecule has 0 aromatic rings. The van der Waals surface area contributed by atoms with Gasteiger partial charge in [-0.05, 0) is 42.3 Å². The van der Waals surface area contributed by atoms with E-state index in [1.165, 1.54) is 23.0 Å². The van der Waals surface area contributed by atoms with E-state index < -0.39 is 0 Å². The van der Waals surface area contributed by atoms with E-state index in [1.807, 2.05) is 47.0 Å². The van der Waals surface area contributed by atoms with E-state index in [-0.39, 0.29) is 12.0 Å². The van der Waals surface area contributed by atoms with Crippen LogP contribution in [-0.4, -0.2) is 95.7 Å². The van der Waals surface area contributed by atoms with Gasteiger partial charge in [0.1, 0.15) is 0 Å². The molecule has 0 atom stereocenters. The van der Waals surface area contributed by atoms with Crippen LogP contribution in [0.4, 0.5) is 0 Å². The van der Waals surface area contributed by atoms with Crippen LogP contribution in [0, 0.1) is 5.41 Å². The van der Waals surface area contributed by atoms with Gasteiger partial charge in [-0.3, -0.25) is 0 Å². The molecule has 0 saturated carbocycles. The lowest BCUT2D eigenvalue weighted by atomic mass is 9.88. The van der Waals surface area contributed by atoms with Gasteiger partial charge in [-0.25, -0.2) is 0 Å². The minimum absolute atomic E-state index is 0.123. The number of thioether (sulfide) groups is 4. The SMILES string of the molecule is CCC(CO)(COCCCSCCSCCS)COCCCSCCSCCS. The Hall–Kier alpha value is 1.98. The van der Waals surface area contributed by atoms with Gasteiger partial charge in [0.05, 0.1) is 19.8 Å². The molecule has 29 heavy (non-hydrogen) atoms. The van der Waals surface area contributed by atoms with Gasteiger partial charge in [0.2, 0.25) is 0 Å². The minimum atomic E-state index is -0.257. The van der Waals surface area contributed by atoms with Gasteiger partial charge in [0.25, 0.3) is 0 Å². The first kappa shape index (κ1) is 31.0. The third kappa shape index (κ3) is 20.3. The fraction of sp³-hybridized carbons (Fsp3) is 1.00. The Morgan fingerprint density at radius 3 is 1.45 bits per heavy atom. The Bertz CT molecular complexity index is 297. The second kappa shape index (κ2) is 24.6. The number of ether oxygens (including phenoxy) is 2. The zero-order valence-corrected chi connectivity index (χ0v) is 23.1. The summed E-state index contributed by atoms with van der Waals surface area (Å²) in [5.74, 6) is 11.3. The molecule has 0 rings (SSSR count). The zero-order chi connectivity index (χ0) is 21.5. The first-order chi connectivity index (χ1) is 14.2. The number of hydrogen-bond acceptors (Lipinski definition) is 9. The summed E-state index contributed by atoms with van der Waals surface area (Å²) in [7, 11) is 0. The number of hydrogen-bond donors (Lipinski definition) is 3. The first-order valence-corrected chi connectivity index (χ1v) is 16.4. The Morgan fingerprint density at radius 2 is 1.10 bits per heavy atom. The van der Waals surface area contributed by atoms with Gasteiger partial charge in [0, 0.05) is 53.1 Å². The topological polar surface area (TPSA) is 38.7 Å². The average Bonchev–Trinajstić information content (AvgIpc) is 2.75. The number of aliphatic hydroxyl groups excluding tert-OH is 1. The molecule has 0 aromatic heterocycles. The number of thiol groups is 2. The minimum Gasteiger partial charge on any atom is -0.396 e. The van der Waals surface area contributed by atoms with Crippen molar-refractivity contribution in [3.05, 3.63) is 0 Å². The molecule has 0 unspecified atom stereocenters. The van der Waals surface area contributed by atoms with E-state index in [0.29, 0.717) is 13.2 Å². The van der Waals surface area contributed by atoms with Crippen molar-refractivity contribution >= 4 is 72.3 Å². The molecule has 0 aromatic carbocycles. The van der Waals surface area contributed by atoms with Crippen molar-refractivity contribution in [1.29, 1.82) is 0 Å². The molecule has 0 fully saturated rings. The van der Waals surface area contributed by atoms with Crippen LogP contribution in [0.2, 0.25) is 0 Å². The van der Waals surface area contributed by atoms with Crippen LogP contribution < -0.4 is 0 Å². The maximum absolute atomic E-state index is 9.88. The van der Waals surface area contributed by atoms with Crippen molar-refractivity contribution < 1.29 is 14.6 Å². The van der Waals surface area contributed by atoms with Gasteiger partial charge in [-0.2, -0.15) is 72.3 Å². The highest BCUT2D eigenvalue weighted by Gasteiger charge is 2.28. The fourth-order valence-electron chi connectivity index (χ4n) is 2.33. The van der Waals surface area contributed by atoms with Crippen LogP contribution in [0.15, 0.2) is 0 Å². The zero-order valence-electron chi connectivity index (χ0n) is 18.0. The predicted molar refractivity (Wildman–Crippen MR) is 148 cm³/mol. The molecule has 3 nitrogen and oxygen atoms in total. The van der Waals surface area contributed by atoms with Crippen molar-refractivity contribution in [2.75, 3.05) is 90.6 Å². The third-order valence-corrected chi connectivity index (χ3v) is 9.95. The maximum atomic E-state index is 9.88. The monoisotopic (exact) mass is 522 g/mol. The Labute approximate surface area is 207 Å². The molecule has 0 amide bonds. The molecule has 0 saturated heterocycles. The van der Waals surface area contributed by atoms with Gasteiger partial charge < -0.3 is 14.6 Å². The molecule has 176 valence electrons. The van der Waals surface area contributed by atoms with Crippen molar-refractivity contribution in [2.24, 2.45) is 5.41 Å². The predicted octanol–water partition coefficient (Wildman–Crippen LogP) is 4.98. The molecule has 0 heterocycles. The van der Waals surface area contributed by atoms with E-state index >= 15 is 0 Å². The van der Waals surface area contributed by atoms with Crippen LogP contribution in [0.3, 0.4) is 0 Å². The van der Waals surface area contributed by atoms with Crippen LogP contribution in [-0.2, 0) is 9.47 Å². The first-order valence-electron chi connectivity index (χ1n) is 10.5. The molecule has 0 aliphatic rings. The van der Waals surface area contributed by atoms with E-state index in [4.69, 9.17) is 9.47 Å². The Morgan fingerprint density at radius 1 is 0.690 bits per heavy atom. The standard InChI is InChI=1S/C20H42O3S6/c1-2-20(17-21,18-22-5-3-9-26-13-15-28-11-7-24)19-23-6-4-10-27-14-16-29-12-8-25/h21,24-25H,2-19H2,1H3. The molecule has 0 spiro atoms. The normalized spacial score (nSPS) is 12.0. The van der Waals surface area contributed by atoms with E-state index in [2.05, 4.69) is 32.2 Å². The van der Waals surface area contributed by atoms with Gasteiger partial charge in [-0.15, -0.1) is 0 Å². The average molecular weight is 523 g/mol. The third-order valence-electron chi connectivity index (χ3n) is 4.27. The summed E-state index contributed by atoms with van der Waals surface area (Å²) < 4.78 is 11.8. The maximum Gasteiger partial charge on any atom is 0.0566 e. The molecule has 0 radical (unpaired) electrons. The fourth-order valence-corrected chi connectivity index (χ4v) is 6.70. The second-order valence-corrected chi connectivity index (χ2v) is 12.5. The van der Waals surface area contributed by atoms with Crippen LogP contribution in [0.1, 0.15) is 26.2 Å². The highest BCUT2D eigenvalue weighted by molar-refractivity contribution is 8.03. The molecular weight excluding hydrogens is 481 g/mol. The van der Waals surface area contributed by atoms with Crippen molar-refractivity contribution in [3.63, 3.8) is 0 Å². The summed E-state index contributed by atoms with van der Waals surface area (Å²) in [4.78, 5) is 0. The van der Waals surface area contributed by atoms with E-state index in [0.717, 1.165) is 67.0 Å². The molecule has 9 heteroatoms. The van der Waals surface area contributed by atoms with Crippen LogP contribution >= 0.6 is 72.3 Å². The summed E-state index contributed by atoms with van der Waals surface area (Å²) in [5.41, 5.74) is -0.257. The van der Waals surface area contributed by atoms with Gasteiger partial charge >= 0.3 is 0 Å². The summed E-state index contributed by atoms with van der Waals surface area (Å²) in [6, 6.07) is 0. The highest BCUT2D eigenvalue weighted by Crippen LogP contribution is 2.23. The summed E-state index contributed by atoms with van der Waals surface area (Å²) in [5, 5.41) is 9.88. The summed E-state index contributed by atoms with van der Waals surface area (Å²) in [6.45, 7) is 4.93. The van der Waals surface area contributed by atoms with Crippen molar-refractivity contribution in [1.82, 2.24) is 0 Å². The molecule has 1 N–H and O–H groups in total. The largest absolute Gasteiger partial charge is 0.396 e. The molecular formula is C20H42O3S6. The van der Waals surface area contributed by atoms with Gasteiger partial charge in [-0.1, -0.05) is 6.92 Å². The molecule has 0 aliphatic heterocycles.